The van der Waals surface area contributed by atoms with Crippen molar-refractivity contribution in [1.29, 1.82) is 0 Å². The summed E-state index contributed by atoms with van der Waals surface area (Å²) in [5.74, 6) is 2.92. The molecule has 2 aliphatic heterocycles. The third kappa shape index (κ3) is 3.15. The summed E-state index contributed by atoms with van der Waals surface area (Å²) in [6.45, 7) is 5.74. The van der Waals surface area contributed by atoms with Gasteiger partial charge in [-0.05, 0) is 62.6 Å². The van der Waals surface area contributed by atoms with Gasteiger partial charge in [0.15, 0.2) is 0 Å². The van der Waals surface area contributed by atoms with Crippen molar-refractivity contribution < 1.29 is 9.53 Å². The van der Waals surface area contributed by atoms with E-state index in [0.717, 1.165) is 73.8 Å². The molecule has 5 nitrogen and oxygen atoms in total. The predicted molar refractivity (Wildman–Crippen MR) is 115 cm³/mol. The molecule has 3 aliphatic rings. The molecule has 1 atom stereocenters. The molecule has 1 amide bonds. The number of aryl methyl sites for hydroxylation is 1. The Bertz CT molecular complexity index is 939. The summed E-state index contributed by atoms with van der Waals surface area (Å²) < 4.78 is 5.55. The molecule has 0 radical (unpaired) electrons. The number of amides is 1. The maximum atomic E-state index is 13.4. The van der Waals surface area contributed by atoms with Crippen LogP contribution in [0.1, 0.15) is 44.1 Å². The summed E-state index contributed by atoms with van der Waals surface area (Å²) in [4.78, 5) is 22.9. The van der Waals surface area contributed by atoms with Gasteiger partial charge in [-0.1, -0.05) is 18.6 Å². The van der Waals surface area contributed by atoms with Crippen molar-refractivity contribution in [3.05, 3.63) is 29.8 Å². The number of benzene rings is 1. The van der Waals surface area contributed by atoms with Crippen molar-refractivity contribution in [2.45, 2.75) is 45.4 Å². The fraction of sp³-hybridized carbons (Fsp3) is 0.583. The zero-order valence-corrected chi connectivity index (χ0v) is 17.6. The number of carbonyl (C=O) groups is 1. The average Bonchev–Trinajstić information content (AvgIpc) is 3.12. The quantitative estimate of drug-likeness (QED) is 0.782. The minimum Gasteiger partial charge on any atom is -0.494 e. The lowest BCUT2D eigenvalue weighted by atomic mass is 9.77. The molecule has 0 N–H and O–H groups in total. The lowest BCUT2D eigenvalue weighted by Crippen LogP contribution is -2.51. The number of hydrogen-bond acceptors (Lipinski definition) is 4. The smallest absolute Gasteiger partial charge is 0.230 e. The number of hydrogen-bond donors (Lipinski definition) is 0. The molecular weight excluding hydrogens is 362 g/mol. The van der Waals surface area contributed by atoms with E-state index < -0.39 is 0 Å². The van der Waals surface area contributed by atoms with Gasteiger partial charge >= 0.3 is 0 Å². The molecule has 3 fully saturated rings. The third-order valence-corrected chi connectivity index (χ3v) is 7.42. The monoisotopic (exact) mass is 393 g/mol. The number of pyridine rings is 1. The van der Waals surface area contributed by atoms with Gasteiger partial charge in [0.25, 0.3) is 0 Å². The first-order valence-electron chi connectivity index (χ1n) is 11.1. The Hall–Kier alpha value is -2.30. The standard InChI is InChI=1S/C24H31N3O2/c1-17-14-21(25-22-19(17)8-4-9-20(22)29-2)27-13-11-24(16-27)10-5-12-26(23(24)28)15-18-6-3-7-18/h4,8-9,14,18H,3,5-7,10-13,15-16H2,1-2H3. The van der Waals surface area contributed by atoms with E-state index in [0.29, 0.717) is 5.91 Å². The fourth-order valence-electron chi connectivity index (χ4n) is 5.46. The Labute approximate surface area is 173 Å². The molecule has 1 aliphatic carbocycles. The SMILES string of the molecule is COc1cccc2c(C)cc(N3CCC4(CCCN(CC5CCC5)C4=O)C3)nc12. The second-order valence-electron chi connectivity index (χ2n) is 9.26. The van der Waals surface area contributed by atoms with Gasteiger partial charge in [-0.15, -0.1) is 0 Å². The lowest BCUT2D eigenvalue weighted by molar-refractivity contribution is -0.146. The summed E-state index contributed by atoms with van der Waals surface area (Å²) >= 11 is 0. The van der Waals surface area contributed by atoms with Gasteiger partial charge in [0.2, 0.25) is 5.91 Å². The van der Waals surface area contributed by atoms with Gasteiger partial charge in [-0.3, -0.25) is 4.79 Å². The van der Waals surface area contributed by atoms with Crippen LogP contribution in [0.3, 0.4) is 0 Å². The number of carbonyl (C=O) groups excluding carboxylic acids is 1. The number of aromatic nitrogens is 1. The zero-order chi connectivity index (χ0) is 20.0. The van der Waals surface area contributed by atoms with Crippen molar-refractivity contribution in [3.8, 4) is 5.75 Å². The van der Waals surface area contributed by atoms with Crippen LogP contribution in [0.25, 0.3) is 10.9 Å². The summed E-state index contributed by atoms with van der Waals surface area (Å²) in [5.41, 5.74) is 1.90. The van der Waals surface area contributed by atoms with E-state index in [9.17, 15) is 4.79 Å². The summed E-state index contributed by atoms with van der Waals surface area (Å²) in [7, 11) is 1.70. The van der Waals surface area contributed by atoms with E-state index in [1.165, 1.54) is 24.8 Å². The predicted octanol–water partition coefficient (Wildman–Crippen LogP) is 4.17. The molecule has 1 saturated carbocycles. The zero-order valence-electron chi connectivity index (χ0n) is 17.6. The number of fused-ring (bicyclic) bond motifs is 1. The largest absolute Gasteiger partial charge is 0.494 e. The Morgan fingerprint density at radius 2 is 2.07 bits per heavy atom. The van der Waals surface area contributed by atoms with Gasteiger partial charge in [-0.2, -0.15) is 0 Å². The Morgan fingerprint density at radius 3 is 2.83 bits per heavy atom. The number of rotatable bonds is 4. The van der Waals surface area contributed by atoms with E-state index in [4.69, 9.17) is 9.72 Å². The van der Waals surface area contributed by atoms with Crippen LogP contribution in [0.5, 0.6) is 5.75 Å². The number of anilines is 1. The first kappa shape index (κ1) is 18.7. The highest BCUT2D eigenvalue weighted by Crippen LogP contribution is 2.43. The minimum absolute atomic E-state index is 0.215. The summed E-state index contributed by atoms with van der Waals surface area (Å²) in [6, 6.07) is 8.24. The summed E-state index contributed by atoms with van der Waals surface area (Å²) in [5, 5.41) is 1.13. The van der Waals surface area contributed by atoms with Gasteiger partial charge in [-0.25, -0.2) is 4.98 Å². The topological polar surface area (TPSA) is 45.7 Å². The van der Waals surface area contributed by atoms with Crippen LogP contribution >= 0.6 is 0 Å². The molecule has 154 valence electrons. The highest BCUT2D eigenvalue weighted by Gasteiger charge is 2.49. The average molecular weight is 394 g/mol. The van der Waals surface area contributed by atoms with E-state index in [1.807, 2.05) is 12.1 Å². The summed E-state index contributed by atoms with van der Waals surface area (Å²) in [6.07, 6.45) is 7.01. The van der Waals surface area contributed by atoms with Crippen molar-refractivity contribution >= 4 is 22.6 Å². The molecule has 29 heavy (non-hydrogen) atoms. The van der Waals surface area contributed by atoms with Gasteiger partial charge in [0.1, 0.15) is 17.1 Å². The highest BCUT2D eigenvalue weighted by atomic mass is 16.5. The number of para-hydroxylation sites is 1. The number of likely N-dealkylation sites (tertiary alicyclic amines) is 1. The maximum absolute atomic E-state index is 13.4. The van der Waals surface area contributed by atoms with Crippen LogP contribution in [-0.4, -0.2) is 49.1 Å². The lowest BCUT2D eigenvalue weighted by Gasteiger charge is -2.42. The van der Waals surface area contributed by atoms with E-state index in [1.54, 1.807) is 7.11 Å². The van der Waals surface area contributed by atoms with Crippen LogP contribution in [-0.2, 0) is 4.79 Å². The second-order valence-corrected chi connectivity index (χ2v) is 9.26. The molecule has 2 aromatic rings. The normalized spacial score (nSPS) is 25.1. The van der Waals surface area contributed by atoms with Crippen LogP contribution < -0.4 is 9.64 Å². The second kappa shape index (κ2) is 7.19. The molecule has 0 bridgehead atoms. The molecule has 1 aromatic carbocycles. The van der Waals surface area contributed by atoms with Crippen molar-refractivity contribution in [2.24, 2.45) is 11.3 Å². The van der Waals surface area contributed by atoms with E-state index in [2.05, 4.69) is 28.9 Å². The Balaban J connectivity index is 1.40. The van der Waals surface area contributed by atoms with Crippen LogP contribution in [0, 0.1) is 18.3 Å². The van der Waals surface area contributed by atoms with E-state index >= 15 is 0 Å². The maximum Gasteiger partial charge on any atom is 0.230 e. The van der Waals surface area contributed by atoms with E-state index in [-0.39, 0.29) is 5.41 Å². The van der Waals surface area contributed by atoms with Crippen molar-refractivity contribution in [1.82, 2.24) is 9.88 Å². The molecule has 2 saturated heterocycles. The van der Waals surface area contributed by atoms with Gasteiger partial charge in [0, 0.05) is 31.6 Å². The van der Waals surface area contributed by atoms with Crippen LogP contribution in [0.15, 0.2) is 24.3 Å². The van der Waals surface area contributed by atoms with Gasteiger partial charge < -0.3 is 14.5 Å². The van der Waals surface area contributed by atoms with Gasteiger partial charge in [0.05, 0.1) is 12.5 Å². The number of nitrogens with zero attached hydrogens (tertiary/aromatic N) is 3. The third-order valence-electron chi connectivity index (χ3n) is 7.42. The fourth-order valence-corrected chi connectivity index (χ4v) is 5.46. The molecule has 5 heteroatoms. The molecular formula is C24H31N3O2. The number of ether oxygens (including phenoxy) is 1. The van der Waals surface area contributed by atoms with Crippen LogP contribution in [0.2, 0.25) is 0 Å². The molecule has 5 rings (SSSR count). The van der Waals surface area contributed by atoms with Crippen LogP contribution in [0.4, 0.5) is 5.82 Å². The highest BCUT2D eigenvalue weighted by molar-refractivity contribution is 5.89. The minimum atomic E-state index is -0.215. The number of piperidine rings is 1. The first-order chi connectivity index (χ1) is 14.1. The molecule has 1 aromatic heterocycles. The Kier molecular flexibility index (Phi) is 4.64. The molecule has 3 heterocycles. The van der Waals surface area contributed by atoms with Crippen molar-refractivity contribution in [3.63, 3.8) is 0 Å². The molecule has 1 spiro atoms. The number of methoxy groups -OCH3 is 1. The molecule has 1 unspecified atom stereocenters. The van der Waals surface area contributed by atoms with Crippen molar-refractivity contribution in [2.75, 3.05) is 38.2 Å². The Morgan fingerprint density at radius 1 is 1.21 bits per heavy atom. The first-order valence-corrected chi connectivity index (χ1v) is 11.1.